The van der Waals surface area contributed by atoms with E-state index >= 15 is 0 Å². The molecule has 0 amide bonds. The molecule has 0 fully saturated rings. The van der Waals surface area contributed by atoms with Crippen LogP contribution in [0.25, 0.3) is 11.2 Å². The van der Waals surface area contributed by atoms with Gasteiger partial charge in [0.05, 0.1) is 24.6 Å². The zero-order valence-corrected chi connectivity index (χ0v) is 20.5. The number of imidazole rings is 1. The Balaban J connectivity index is 0.000000308. The minimum atomic E-state index is -0.562. The molecular formula is C22H42N4O3P+. The Kier molecular flexibility index (Phi) is 12.0. The Morgan fingerprint density at radius 2 is 1.13 bits per heavy atom. The van der Waals surface area contributed by atoms with E-state index in [1.807, 2.05) is 0 Å². The first-order valence-corrected chi connectivity index (χ1v) is 14.1. The minimum absolute atomic E-state index is 0.0760. The molecule has 7 nitrogen and oxygen atoms in total. The standard InChI is InChI=1S/C16H36P.C6H6N4O3/c1-5-9-13-17(14-10-6-2,15-11-7-3)16-12-8-4;1-10-4(11)2-3(9-6(10)13)8-5(12)7-2/h5-16H2,1-4H3;1H3,(H,9,13)(H2,7,8,12)/q+1;. The number of unbranched alkanes of at least 4 members (excludes halogenated alkanes) is 4. The molecule has 0 aromatic carbocycles. The van der Waals surface area contributed by atoms with E-state index in [0.717, 1.165) is 4.57 Å². The van der Waals surface area contributed by atoms with Gasteiger partial charge in [0.25, 0.3) is 5.56 Å². The van der Waals surface area contributed by atoms with Gasteiger partial charge in [0.1, 0.15) is 5.65 Å². The fourth-order valence-corrected chi connectivity index (χ4v) is 9.02. The first-order chi connectivity index (χ1) is 14.3. The lowest BCUT2D eigenvalue weighted by Crippen LogP contribution is -2.32. The van der Waals surface area contributed by atoms with E-state index in [2.05, 4.69) is 42.6 Å². The van der Waals surface area contributed by atoms with Crippen LogP contribution >= 0.6 is 7.26 Å². The van der Waals surface area contributed by atoms with Crippen molar-refractivity contribution >= 4 is 18.4 Å². The van der Waals surface area contributed by atoms with E-state index in [1.165, 1.54) is 58.4 Å². The molecule has 0 aliphatic carbocycles. The summed E-state index contributed by atoms with van der Waals surface area (Å²) in [4.78, 5) is 40.0. The summed E-state index contributed by atoms with van der Waals surface area (Å²) in [6, 6.07) is 0. The van der Waals surface area contributed by atoms with Gasteiger partial charge >= 0.3 is 11.4 Å². The van der Waals surface area contributed by atoms with Crippen molar-refractivity contribution in [2.24, 2.45) is 7.05 Å². The molecule has 0 aliphatic rings. The van der Waals surface area contributed by atoms with E-state index in [1.54, 1.807) is 24.6 Å². The first kappa shape index (κ1) is 26.4. The molecule has 0 saturated heterocycles. The van der Waals surface area contributed by atoms with Crippen LogP contribution in [0.5, 0.6) is 0 Å². The van der Waals surface area contributed by atoms with Crippen LogP contribution < -0.4 is 16.9 Å². The number of rotatable bonds is 12. The lowest BCUT2D eigenvalue weighted by Gasteiger charge is -2.28. The van der Waals surface area contributed by atoms with Crippen molar-refractivity contribution in [3.05, 3.63) is 31.3 Å². The van der Waals surface area contributed by atoms with Crippen molar-refractivity contribution in [3.63, 3.8) is 0 Å². The van der Waals surface area contributed by atoms with Gasteiger partial charge in [-0.1, -0.05) is 53.4 Å². The highest BCUT2D eigenvalue weighted by Crippen LogP contribution is 2.61. The Bertz CT molecular complexity index is 872. The van der Waals surface area contributed by atoms with E-state index in [4.69, 9.17) is 0 Å². The van der Waals surface area contributed by atoms with Crippen LogP contribution in [0.4, 0.5) is 0 Å². The maximum Gasteiger partial charge on any atom is 0.329 e. The fraction of sp³-hybridized carbons (Fsp3) is 0.773. The molecule has 0 bridgehead atoms. The zero-order valence-electron chi connectivity index (χ0n) is 19.6. The predicted molar refractivity (Wildman–Crippen MR) is 131 cm³/mol. The Morgan fingerprint density at radius 1 is 0.700 bits per heavy atom. The van der Waals surface area contributed by atoms with Crippen LogP contribution in [0.1, 0.15) is 79.1 Å². The molecule has 0 aliphatic heterocycles. The number of aromatic amines is 3. The quantitative estimate of drug-likeness (QED) is 0.424. The third-order valence-electron chi connectivity index (χ3n) is 5.73. The third kappa shape index (κ3) is 7.90. The van der Waals surface area contributed by atoms with Gasteiger partial charge in [-0.05, 0) is 25.7 Å². The molecule has 172 valence electrons. The summed E-state index contributed by atoms with van der Waals surface area (Å²) < 4.78 is 0.881. The van der Waals surface area contributed by atoms with Crippen molar-refractivity contribution < 1.29 is 0 Å². The monoisotopic (exact) mass is 441 g/mol. The molecule has 0 spiro atoms. The molecule has 0 unspecified atom stereocenters. The molecule has 0 saturated carbocycles. The van der Waals surface area contributed by atoms with Gasteiger partial charge in [-0.25, -0.2) is 9.59 Å². The number of aromatic nitrogens is 4. The molecule has 3 N–H and O–H groups in total. The lowest BCUT2D eigenvalue weighted by atomic mass is 10.4. The largest absolute Gasteiger partial charge is 0.329 e. The average molecular weight is 442 g/mol. The normalized spacial score (nSPS) is 11.5. The van der Waals surface area contributed by atoms with Crippen molar-refractivity contribution in [3.8, 4) is 0 Å². The second-order valence-electron chi connectivity index (χ2n) is 8.27. The molecule has 0 radical (unpaired) electrons. The Hall–Kier alpha value is -1.62. The summed E-state index contributed by atoms with van der Waals surface area (Å²) in [5.41, 5.74) is -1.41. The van der Waals surface area contributed by atoms with E-state index < -0.39 is 24.2 Å². The number of fused-ring (bicyclic) bond motifs is 1. The number of hydrogen-bond donors (Lipinski definition) is 3. The number of nitrogens with one attached hydrogen (secondary N) is 3. The van der Waals surface area contributed by atoms with Gasteiger partial charge in [0.2, 0.25) is 0 Å². The van der Waals surface area contributed by atoms with Crippen LogP contribution in [0.15, 0.2) is 14.4 Å². The molecule has 30 heavy (non-hydrogen) atoms. The number of hydrogen-bond acceptors (Lipinski definition) is 3. The van der Waals surface area contributed by atoms with Gasteiger partial charge in [-0.15, -0.1) is 0 Å². The topological polar surface area (TPSA) is 104 Å². The summed E-state index contributed by atoms with van der Waals surface area (Å²) in [5, 5.41) is 0. The molecular weight excluding hydrogens is 399 g/mol. The SMILES string of the molecule is CCCC[P+](CCCC)(CCCC)CCCC.Cn1c(=O)[nH]c2[nH]c(=O)[nH]c2c1=O. The molecule has 2 heterocycles. The van der Waals surface area contributed by atoms with E-state index in [9.17, 15) is 14.4 Å². The van der Waals surface area contributed by atoms with Crippen molar-refractivity contribution in [1.29, 1.82) is 0 Å². The summed E-state index contributed by atoms with van der Waals surface area (Å²) >= 11 is 0. The van der Waals surface area contributed by atoms with Crippen LogP contribution in [0.2, 0.25) is 0 Å². The zero-order chi connectivity index (χ0) is 22.6. The van der Waals surface area contributed by atoms with Gasteiger partial charge < -0.3 is 0 Å². The molecule has 2 rings (SSSR count). The van der Waals surface area contributed by atoms with Crippen molar-refractivity contribution in [2.75, 3.05) is 24.6 Å². The van der Waals surface area contributed by atoms with Crippen LogP contribution in [0, 0.1) is 0 Å². The van der Waals surface area contributed by atoms with Gasteiger partial charge in [0.15, 0.2) is 5.52 Å². The summed E-state index contributed by atoms with van der Waals surface area (Å²) in [5.74, 6) is 0. The second-order valence-corrected chi connectivity index (χ2v) is 12.7. The van der Waals surface area contributed by atoms with Gasteiger partial charge in [-0.2, -0.15) is 0 Å². The van der Waals surface area contributed by atoms with Crippen molar-refractivity contribution in [1.82, 2.24) is 19.5 Å². The van der Waals surface area contributed by atoms with E-state index in [-0.39, 0.29) is 11.2 Å². The Labute approximate surface area is 180 Å². The van der Waals surface area contributed by atoms with Crippen LogP contribution in [-0.2, 0) is 7.05 Å². The van der Waals surface area contributed by atoms with Crippen molar-refractivity contribution in [2.45, 2.75) is 79.1 Å². The second kappa shape index (κ2) is 13.6. The highest BCUT2D eigenvalue weighted by molar-refractivity contribution is 7.75. The molecule has 8 heteroatoms. The van der Waals surface area contributed by atoms with Gasteiger partial charge in [-0.3, -0.25) is 24.3 Å². The third-order valence-corrected chi connectivity index (χ3v) is 10.8. The molecule has 0 atom stereocenters. The van der Waals surface area contributed by atoms with Crippen LogP contribution in [0.3, 0.4) is 0 Å². The van der Waals surface area contributed by atoms with Gasteiger partial charge in [0, 0.05) is 14.3 Å². The highest BCUT2D eigenvalue weighted by atomic mass is 31.2. The van der Waals surface area contributed by atoms with E-state index in [0.29, 0.717) is 0 Å². The Morgan fingerprint density at radius 3 is 1.53 bits per heavy atom. The number of H-pyrrole nitrogens is 3. The molecule has 2 aromatic heterocycles. The average Bonchev–Trinajstić information content (AvgIpc) is 3.11. The maximum atomic E-state index is 11.3. The number of nitrogens with zero attached hydrogens (tertiary/aromatic N) is 1. The first-order valence-electron chi connectivity index (χ1n) is 11.6. The predicted octanol–water partition coefficient (Wildman–Crippen LogP) is 4.45. The summed E-state index contributed by atoms with van der Waals surface area (Å²) in [7, 11) is 0.763. The maximum absolute atomic E-state index is 11.3. The summed E-state index contributed by atoms with van der Waals surface area (Å²) in [6.45, 7) is 9.42. The molecule has 2 aromatic rings. The fourth-order valence-electron chi connectivity index (χ4n) is 3.73. The lowest BCUT2D eigenvalue weighted by molar-refractivity contribution is 0.790. The van der Waals surface area contributed by atoms with Crippen LogP contribution in [-0.4, -0.2) is 44.2 Å². The summed E-state index contributed by atoms with van der Waals surface area (Å²) in [6.07, 6.45) is 17.9. The highest BCUT2D eigenvalue weighted by Gasteiger charge is 2.34. The minimum Gasteiger partial charge on any atom is -0.300 e. The smallest absolute Gasteiger partial charge is 0.300 e.